The number of nitrogens with zero attached hydrogens (tertiary/aromatic N) is 5. The highest BCUT2D eigenvalue weighted by Gasteiger charge is 2.28. The van der Waals surface area contributed by atoms with Crippen LogP contribution < -0.4 is 4.90 Å². The molecule has 1 amide bonds. The van der Waals surface area contributed by atoms with Gasteiger partial charge in [0.15, 0.2) is 5.16 Å². The van der Waals surface area contributed by atoms with Crippen LogP contribution in [0.15, 0.2) is 29.4 Å². The lowest BCUT2D eigenvalue weighted by Crippen LogP contribution is -2.34. The molecule has 2 aliphatic heterocycles. The molecule has 0 saturated carbocycles. The van der Waals surface area contributed by atoms with Crippen LogP contribution in [0.25, 0.3) is 5.69 Å². The highest BCUT2D eigenvalue weighted by Crippen LogP contribution is 2.34. The van der Waals surface area contributed by atoms with Crippen LogP contribution in [-0.4, -0.2) is 57.0 Å². The fourth-order valence-electron chi connectivity index (χ4n) is 3.71. The molecule has 0 aliphatic carbocycles. The predicted octanol–water partition coefficient (Wildman–Crippen LogP) is 3.62. The fraction of sp³-hybridized carbons (Fsp3) is 0.526. The average molecular weight is 406 g/mol. The van der Waals surface area contributed by atoms with Gasteiger partial charge >= 0.3 is 0 Å². The highest BCUT2D eigenvalue weighted by atomic mass is 35.5. The van der Waals surface area contributed by atoms with Gasteiger partial charge in [0.1, 0.15) is 0 Å². The third-order valence-electron chi connectivity index (χ3n) is 5.15. The van der Waals surface area contributed by atoms with E-state index in [1.54, 1.807) is 0 Å². The van der Waals surface area contributed by atoms with Crippen LogP contribution in [0.5, 0.6) is 0 Å². The van der Waals surface area contributed by atoms with E-state index in [0.29, 0.717) is 10.2 Å². The molecule has 0 radical (unpaired) electrons. The molecule has 1 aromatic carbocycles. The maximum atomic E-state index is 12.7. The highest BCUT2D eigenvalue weighted by molar-refractivity contribution is 8.00. The number of aromatic nitrogens is 3. The van der Waals surface area contributed by atoms with E-state index >= 15 is 0 Å². The normalized spacial score (nSPS) is 18.3. The van der Waals surface area contributed by atoms with Gasteiger partial charge in [-0.2, -0.15) is 0 Å². The molecular weight excluding hydrogens is 382 g/mol. The summed E-state index contributed by atoms with van der Waals surface area (Å²) in [6, 6.07) is 7.72. The van der Waals surface area contributed by atoms with E-state index in [2.05, 4.69) is 15.1 Å². The SMILES string of the molecule is C[C@@H](Sc1nnc(N2CCCC2)n1-c1ccccc1Cl)C(=O)N1CCCC1. The lowest BCUT2D eigenvalue weighted by molar-refractivity contribution is -0.129. The summed E-state index contributed by atoms with van der Waals surface area (Å²) >= 11 is 7.95. The summed E-state index contributed by atoms with van der Waals surface area (Å²) in [5.41, 5.74) is 0.856. The first-order chi connectivity index (χ1) is 13.1. The number of carbonyl (C=O) groups is 1. The minimum Gasteiger partial charge on any atom is -0.342 e. The number of likely N-dealkylation sites (tertiary alicyclic amines) is 1. The van der Waals surface area contributed by atoms with Crippen LogP contribution in [-0.2, 0) is 4.79 Å². The molecule has 1 atom stereocenters. The number of anilines is 1. The summed E-state index contributed by atoms with van der Waals surface area (Å²) in [5, 5.41) is 10.0. The Bertz CT molecular complexity index is 814. The summed E-state index contributed by atoms with van der Waals surface area (Å²) in [4.78, 5) is 16.9. The Morgan fingerprint density at radius 3 is 2.44 bits per heavy atom. The van der Waals surface area contributed by atoms with Gasteiger partial charge in [0.25, 0.3) is 0 Å². The number of hydrogen-bond acceptors (Lipinski definition) is 5. The summed E-state index contributed by atoms with van der Waals surface area (Å²) in [7, 11) is 0. The summed E-state index contributed by atoms with van der Waals surface area (Å²) in [6.45, 7) is 5.61. The predicted molar refractivity (Wildman–Crippen MR) is 109 cm³/mol. The topological polar surface area (TPSA) is 54.3 Å². The fourth-order valence-corrected chi connectivity index (χ4v) is 4.87. The van der Waals surface area contributed by atoms with Gasteiger partial charge < -0.3 is 9.80 Å². The number of para-hydroxylation sites is 1. The van der Waals surface area contributed by atoms with Crippen molar-refractivity contribution in [2.24, 2.45) is 0 Å². The van der Waals surface area contributed by atoms with Crippen molar-refractivity contribution in [3.63, 3.8) is 0 Å². The van der Waals surface area contributed by atoms with Crippen molar-refractivity contribution in [2.75, 3.05) is 31.1 Å². The van der Waals surface area contributed by atoms with Crippen molar-refractivity contribution in [3.8, 4) is 5.69 Å². The van der Waals surface area contributed by atoms with Crippen molar-refractivity contribution in [3.05, 3.63) is 29.3 Å². The van der Waals surface area contributed by atoms with Gasteiger partial charge in [-0.3, -0.25) is 9.36 Å². The van der Waals surface area contributed by atoms with Gasteiger partial charge in [0.2, 0.25) is 11.9 Å². The molecule has 1 aromatic heterocycles. The lowest BCUT2D eigenvalue weighted by atomic mass is 10.3. The zero-order chi connectivity index (χ0) is 18.8. The van der Waals surface area contributed by atoms with Gasteiger partial charge in [0, 0.05) is 26.2 Å². The summed E-state index contributed by atoms with van der Waals surface area (Å²) < 4.78 is 2.01. The first-order valence-electron chi connectivity index (χ1n) is 9.56. The summed E-state index contributed by atoms with van der Waals surface area (Å²) in [5.74, 6) is 0.984. The molecular formula is C19H24ClN5OS. The average Bonchev–Trinajstić information content (AvgIpc) is 3.43. The lowest BCUT2D eigenvalue weighted by Gasteiger charge is -2.21. The molecule has 2 aliphatic rings. The third-order valence-corrected chi connectivity index (χ3v) is 6.50. The number of thioether (sulfide) groups is 1. The van der Waals surface area contributed by atoms with Gasteiger partial charge in [-0.05, 0) is 44.7 Å². The zero-order valence-corrected chi connectivity index (χ0v) is 17.0. The van der Waals surface area contributed by atoms with Crippen LogP contribution in [0.2, 0.25) is 5.02 Å². The molecule has 0 spiro atoms. The molecule has 2 fully saturated rings. The van der Waals surface area contributed by atoms with E-state index < -0.39 is 0 Å². The van der Waals surface area contributed by atoms with Crippen molar-refractivity contribution in [1.29, 1.82) is 0 Å². The molecule has 0 N–H and O–H groups in total. The second kappa shape index (κ2) is 8.10. The van der Waals surface area contributed by atoms with Gasteiger partial charge in [-0.25, -0.2) is 0 Å². The van der Waals surface area contributed by atoms with Crippen LogP contribution in [0.4, 0.5) is 5.95 Å². The minimum atomic E-state index is -0.208. The Morgan fingerprint density at radius 1 is 1.07 bits per heavy atom. The summed E-state index contributed by atoms with van der Waals surface area (Å²) in [6.07, 6.45) is 4.50. The van der Waals surface area contributed by atoms with Gasteiger partial charge in [0.05, 0.1) is 16.0 Å². The van der Waals surface area contributed by atoms with Crippen molar-refractivity contribution >= 4 is 35.2 Å². The van der Waals surface area contributed by atoms with Crippen LogP contribution in [0.1, 0.15) is 32.6 Å². The first kappa shape index (κ1) is 18.6. The van der Waals surface area contributed by atoms with Crippen LogP contribution >= 0.6 is 23.4 Å². The number of hydrogen-bond donors (Lipinski definition) is 0. The smallest absolute Gasteiger partial charge is 0.235 e. The zero-order valence-electron chi connectivity index (χ0n) is 15.5. The Kier molecular flexibility index (Phi) is 5.59. The van der Waals surface area contributed by atoms with E-state index in [0.717, 1.165) is 63.5 Å². The maximum absolute atomic E-state index is 12.7. The van der Waals surface area contributed by atoms with Gasteiger partial charge in [-0.15, -0.1) is 10.2 Å². The molecule has 3 heterocycles. The Balaban J connectivity index is 1.66. The van der Waals surface area contributed by atoms with Crippen molar-refractivity contribution in [1.82, 2.24) is 19.7 Å². The van der Waals surface area contributed by atoms with Crippen molar-refractivity contribution < 1.29 is 4.79 Å². The van der Waals surface area contributed by atoms with E-state index in [4.69, 9.17) is 11.6 Å². The van der Waals surface area contributed by atoms with Crippen molar-refractivity contribution in [2.45, 2.75) is 43.0 Å². The Labute approximate surface area is 168 Å². The molecule has 4 rings (SSSR count). The van der Waals surface area contributed by atoms with E-state index in [1.807, 2.05) is 40.7 Å². The Morgan fingerprint density at radius 2 is 1.74 bits per heavy atom. The quantitative estimate of drug-likeness (QED) is 0.711. The Hall–Kier alpha value is -1.73. The van der Waals surface area contributed by atoms with E-state index in [1.165, 1.54) is 11.8 Å². The first-order valence-corrected chi connectivity index (χ1v) is 10.8. The van der Waals surface area contributed by atoms with Crippen LogP contribution in [0, 0.1) is 0 Å². The number of rotatable bonds is 5. The molecule has 6 nitrogen and oxygen atoms in total. The molecule has 8 heteroatoms. The largest absolute Gasteiger partial charge is 0.342 e. The van der Waals surface area contributed by atoms with E-state index in [9.17, 15) is 4.79 Å². The third kappa shape index (κ3) is 3.80. The minimum absolute atomic E-state index is 0.175. The van der Waals surface area contributed by atoms with Gasteiger partial charge in [-0.1, -0.05) is 35.5 Å². The standard InChI is InChI=1S/C19H24ClN5OS/c1-14(17(26)23-10-4-5-11-23)27-19-22-21-18(24-12-6-7-13-24)25(19)16-9-3-2-8-15(16)20/h2-3,8-9,14H,4-7,10-13H2,1H3/t14-/m1/s1. The molecule has 0 unspecified atom stereocenters. The monoisotopic (exact) mass is 405 g/mol. The number of carbonyl (C=O) groups excluding carboxylic acids is 1. The number of amides is 1. The second-order valence-corrected chi connectivity index (χ2v) is 8.77. The number of benzene rings is 1. The van der Waals surface area contributed by atoms with Crippen LogP contribution in [0.3, 0.4) is 0 Å². The molecule has 2 aromatic rings. The van der Waals surface area contributed by atoms with E-state index in [-0.39, 0.29) is 11.2 Å². The second-order valence-electron chi connectivity index (χ2n) is 7.06. The molecule has 27 heavy (non-hydrogen) atoms. The molecule has 2 saturated heterocycles. The maximum Gasteiger partial charge on any atom is 0.235 e. The molecule has 0 bridgehead atoms. The number of halogens is 1. The molecule has 144 valence electrons.